The Balaban J connectivity index is 2.57. The van der Waals surface area contributed by atoms with Crippen molar-refractivity contribution in [1.82, 2.24) is 10.3 Å². The Hall–Kier alpha value is -1.10. The smallest absolute Gasteiger partial charge is 0.408 e. The molecule has 0 saturated carbocycles. The molecule has 0 fully saturated rings. The molecule has 1 atom stereocenters. The van der Waals surface area contributed by atoms with Gasteiger partial charge in [-0.05, 0) is 55.3 Å². The van der Waals surface area contributed by atoms with Gasteiger partial charge in [-0.25, -0.2) is 9.78 Å². The van der Waals surface area contributed by atoms with Gasteiger partial charge in [-0.15, -0.1) is 0 Å². The van der Waals surface area contributed by atoms with Gasteiger partial charge in [0.05, 0.1) is 6.04 Å². The Bertz CT molecular complexity index is 384. The zero-order valence-electron chi connectivity index (χ0n) is 10.5. The van der Waals surface area contributed by atoms with E-state index in [0.29, 0.717) is 0 Å². The van der Waals surface area contributed by atoms with E-state index in [1.54, 1.807) is 6.20 Å². The van der Waals surface area contributed by atoms with E-state index in [-0.39, 0.29) is 6.04 Å². The minimum atomic E-state index is -0.484. The number of rotatable bonds is 2. The standard InChI is InChI=1S/C12H17BrN2O2/c1-8(9-5-6-10(13)14-7-9)15-11(16)17-12(2,3)4/h5-8H,1-4H3,(H,15,16)/t8-/m1/s1. The van der Waals surface area contributed by atoms with Crippen LogP contribution in [0, 0.1) is 0 Å². The summed E-state index contributed by atoms with van der Waals surface area (Å²) in [6, 6.07) is 3.60. The normalized spacial score (nSPS) is 13.0. The lowest BCUT2D eigenvalue weighted by atomic mass is 10.1. The molecule has 1 aromatic heterocycles. The van der Waals surface area contributed by atoms with Gasteiger partial charge in [0.2, 0.25) is 0 Å². The van der Waals surface area contributed by atoms with Gasteiger partial charge in [0, 0.05) is 6.20 Å². The van der Waals surface area contributed by atoms with E-state index in [0.717, 1.165) is 10.2 Å². The number of nitrogens with zero attached hydrogens (tertiary/aromatic N) is 1. The third-order valence-corrected chi connectivity index (χ3v) is 2.45. The van der Waals surface area contributed by atoms with Crippen LogP contribution in [0.25, 0.3) is 0 Å². The third kappa shape index (κ3) is 5.17. The number of carbonyl (C=O) groups excluding carboxylic acids is 1. The summed E-state index contributed by atoms with van der Waals surface area (Å²) in [4.78, 5) is 15.7. The minimum absolute atomic E-state index is 0.134. The van der Waals surface area contributed by atoms with Crippen LogP contribution in [0.15, 0.2) is 22.9 Å². The number of aromatic nitrogens is 1. The maximum Gasteiger partial charge on any atom is 0.408 e. The van der Waals surface area contributed by atoms with Gasteiger partial charge in [0.1, 0.15) is 10.2 Å². The second-order valence-electron chi connectivity index (χ2n) is 4.78. The monoisotopic (exact) mass is 300 g/mol. The number of halogens is 1. The number of ether oxygens (including phenoxy) is 1. The van der Waals surface area contributed by atoms with Gasteiger partial charge >= 0.3 is 6.09 Å². The molecule has 94 valence electrons. The second kappa shape index (κ2) is 5.49. The fourth-order valence-corrected chi connectivity index (χ4v) is 1.45. The first kappa shape index (κ1) is 14.0. The SMILES string of the molecule is C[C@@H](NC(=O)OC(C)(C)C)c1ccc(Br)nc1. The van der Waals surface area contributed by atoms with Crippen LogP contribution in [0.4, 0.5) is 4.79 Å². The summed E-state index contributed by atoms with van der Waals surface area (Å²) < 4.78 is 5.94. The summed E-state index contributed by atoms with van der Waals surface area (Å²) in [5.41, 5.74) is 0.445. The fraction of sp³-hybridized carbons (Fsp3) is 0.500. The third-order valence-electron chi connectivity index (χ3n) is 1.98. The molecular weight excluding hydrogens is 284 g/mol. The molecule has 0 radical (unpaired) electrons. The molecule has 0 aliphatic carbocycles. The second-order valence-corrected chi connectivity index (χ2v) is 5.59. The molecule has 0 aliphatic heterocycles. The molecule has 1 aromatic rings. The van der Waals surface area contributed by atoms with Crippen LogP contribution in [0.1, 0.15) is 39.3 Å². The van der Waals surface area contributed by atoms with Crippen molar-refractivity contribution in [3.63, 3.8) is 0 Å². The first-order valence-corrected chi connectivity index (χ1v) is 6.18. The van der Waals surface area contributed by atoms with Crippen LogP contribution in [0.3, 0.4) is 0 Å². The quantitative estimate of drug-likeness (QED) is 0.851. The van der Waals surface area contributed by atoms with Crippen molar-refractivity contribution < 1.29 is 9.53 Å². The van der Waals surface area contributed by atoms with Crippen LogP contribution < -0.4 is 5.32 Å². The molecule has 0 bridgehead atoms. The molecule has 5 heteroatoms. The molecule has 4 nitrogen and oxygen atoms in total. The maximum atomic E-state index is 11.5. The van der Waals surface area contributed by atoms with Crippen molar-refractivity contribution in [3.8, 4) is 0 Å². The summed E-state index contributed by atoms with van der Waals surface area (Å²) in [5, 5.41) is 2.76. The number of alkyl carbamates (subject to hydrolysis) is 1. The lowest BCUT2D eigenvalue weighted by Gasteiger charge is -2.22. The van der Waals surface area contributed by atoms with Crippen LogP contribution in [0.2, 0.25) is 0 Å². The van der Waals surface area contributed by atoms with Crippen molar-refractivity contribution in [3.05, 3.63) is 28.5 Å². The van der Waals surface area contributed by atoms with E-state index in [9.17, 15) is 4.79 Å². The van der Waals surface area contributed by atoms with Crippen LogP contribution in [-0.4, -0.2) is 16.7 Å². The van der Waals surface area contributed by atoms with E-state index in [1.165, 1.54) is 0 Å². The number of amides is 1. The number of carbonyl (C=O) groups is 1. The average molecular weight is 301 g/mol. The Morgan fingerprint density at radius 1 is 1.47 bits per heavy atom. The molecule has 1 rings (SSSR count). The van der Waals surface area contributed by atoms with Gasteiger partial charge in [-0.3, -0.25) is 0 Å². The first-order valence-electron chi connectivity index (χ1n) is 5.39. The fourth-order valence-electron chi connectivity index (χ4n) is 1.21. The molecule has 0 saturated heterocycles. The van der Waals surface area contributed by atoms with Crippen LogP contribution in [-0.2, 0) is 4.74 Å². The zero-order chi connectivity index (χ0) is 13.1. The Labute approximate surface area is 110 Å². The van der Waals surface area contributed by atoms with Gasteiger partial charge < -0.3 is 10.1 Å². The lowest BCUT2D eigenvalue weighted by Crippen LogP contribution is -2.34. The van der Waals surface area contributed by atoms with Crippen molar-refractivity contribution in [2.24, 2.45) is 0 Å². The number of nitrogens with one attached hydrogen (secondary N) is 1. The zero-order valence-corrected chi connectivity index (χ0v) is 12.0. The van der Waals surface area contributed by atoms with E-state index < -0.39 is 11.7 Å². The summed E-state index contributed by atoms with van der Waals surface area (Å²) in [6.07, 6.45) is 1.29. The Morgan fingerprint density at radius 2 is 2.12 bits per heavy atom. The summed E-state index contributed by atoms with van der Waals surface area (Å²) in [7, 11) is 0. The highest BCUT2D eigenvalue weighted by molar-refractivity contribution is 9.10. The average Bonchev–Trinajstić information content (AvgIpc) is 2.15. The van der Waals surface area contributed by atoms with Crippen molar-refractivity contribution in [1.29, 1.82) is 0 Å². The summed E-state index contributed by atoms with van der Waals surface area (Å²) in [6.45, 7) is 7.38. The lowest BCUT2D eigenvalue weighted by molar-refractivity contribution is 0.0508. The van der Waals surface area contributed by atoms with Crippen LogP contribution in [0.5, 0.6) is 0 Å². The predicted octanol–water partition coefficient (Wildman–Crippen LogP) is 3.43. The van der Waals surface area contributed by atoms with Crippen LogP contribution >= 0.6 is 15.9 Å². The number of hydrogen-bond donors (Lipinski definition) is 1. The van der Waals surface area contributed by atoms with E-state index in [4.69, 9.17) is 4.74 Å². The predicted molar refractivity (Wildman–Crippen MR) is 69.7 cm³/mol. The molecule has 0 unspecified atom stereocenters. The summed E-state index contributed by atoms with van der Waals surface area (Å²) in [5.74, 6) is 0. The van der Waals surface area contributed by atoms with Crippen molar-refractivity contribution >= 4 is 22.0 Å². The molecule has 17 heavy (non-hydrogen) atoms. The van der Waals surface area contributed by atoms with Crippen molar-refractivity contribution in [2.75, 3.05) is 0 Å². The Kier molecular flexibility index (Phi) is 4.51. The molecule has 1 amide bonds. The molecular formula is C12H17BrN2O2. The van der Waals surface area contributed by atoms with Gasteiger partial charge in [-0.2, -0.15) is 0 Å². The largest absolute Gasteiger partial charge is 0.444 e. The van der Waals surface area contributed by atoms with E-state index in [2.05, 4.69) is 26.2 Å². The maximum absolute atomic E-state index is 11.5. The van der Waals surface area contributed by atoms with E-state index in [1.807, 2.05) is 39.8 Å². The van der Waals surface area contributed by atoms with Gasteiger partial charge in [-0.1, -0.05) is 6.07 Å². The first-order chi connectivity index (χ1) is 7.78. The number of pyridine rings is 1. The molecule has 1 N–H and O–H groups in total. The van der Waals surface area contributed by atoms with Crippen molar-refractivity contribution in [2.45, 2.75) is 39.3 Å². The Morgan fingerprint density at radius 3 is 2.59 bits per heavy atom. The molecule has 0 aliphatic rings. The number of hydrogen-bond acceptors (Lipinski definition) is 3. The topological polar surface area (TPSA) is 51.2 Å². The van der Waals surface area contributed by atoms with Gasteiger partial charge in [0.25, 0.3) is 0 Å². The highest BCUT2D eigenvalue weighted by Gasteiger charge is 2.18. The highest BCUT2D eigenvalue weighted by Crippen LogP contribution is 2.15. The van der Waals surface area contributed by atoms with E-state index >= 15 is 0 Å². The molecule has 0 aromatic carbocycles. The molecule has 1 heterocycles. The summed E-state index contributed by atoms with van der Waals surface area (Å²) >= 11 is 3.26. The minimum Gasteiger partial charge on any atom is -0.444 e. The highest BCUT2D eigenvalue weighted by atomic mass is 79.9. The van der Waals surface area contributed by atoms with Gasteiger partial charge in [0.15, 0.2) is 0 Å². The molecule has 0 spiro atoms.